The first-order chi connectivity index (χ1) is 14.8. The number of sulfone groups is 1. The van der Waals surface area contributed by atoms with E-state index >= 15 is 0 Å². The molecule has 0 radical (unpaired) electrons. The zero-order chi connectivity index (χ0) is 21.4. The third-order valence-corrected chi connectivity index (χ3v) is 9.79. The fraction of sp³-hybridized carbons (Fsp3) is 0.773. The first kappa shape index (κ1) is 19.9. The van der Waals surface area contributed by atoms with E-state index in [1.807, 2.05) is 4.90 Å². The van der Waals surface area contributed by atoms with Gasteiger partial charge >= 0.3 is 0 Å². The van der Waals surface area contributed by atoms with Gasteiger partial charge in [-0.3, -0.25) is 4.79 Å². The van der Waals surface area contributed by atoms with Crippen molar-refractivity contribution >= 4 is 21.7 Å². The molecule has 2 atom stereocenters. The SMILES string of the molecule is O=C(N[C@H]1C2CC3CC1C[C@@](O)(C3)C2)c1cnc(N2CCS(=O)(=O)CC2)nc1C1CC1. The molecule has 5 saturated carbocycles. The monoisotopic (exact) mass is 446 g/mol. The second-order valence-electron chi connectivity index (χ2n) is 10.6. The lowest BCUT2D eigenvalue weighted by Gasteiger charge is -2.58. The molecule has 1 aromatic heterocycles. The summed E-state index contributed by atoms with van der Waals surface area (Å²) in [5, 5.41) is 14.1. The van der Waals surface area contributed by atoms with Gasteiger partial charge in [0.2, 0.25) is 5.95 Å². The molecule has 2 heterocycles. The highest BCUT2D eigenvalue weighted by Gasteiger charge is 2.55. The van der Waals surface area contributed by atoms with Crippen molar-refractivity contribution in [1.82, 2.24) is 15.3 Å². The van der Waals surface area contributed by atoms with Crippen molar-refractivity contribution in [2.24, 2.45) is 17.8 Å². The molecule has 1 saturated heterocycles. The van der Waals surface area contributed by atoms with Gasteiger partial charge in [-0.1, -0.05) is 0 Å². The number of nitrogens with one attached hydrogen (secondary N) is 1. The minimum absolute atomic E-state index is 0.0980. The maximum atomic E-state index is 13.3. The summed E-state index contributed by atoms with van der Waals surface area (Å²) in [6.45, 7) is 0.793. The number of amides is 1. The highest BCUT2D eigenvalue weighted by molar-refractivity contribution is 7.91. The molecule has 7 rings (SSSR count). The zero-order valence-electron chi connectivity index (χ0n) is 17.7. The summed E-state index contributed by atoms with van der Waals surface area (Å²) in [4.78, 5) is 24.4. The Kier molecular flexibility index (Phi) is 4.42. The van der Waals surface area contributed by atoms with Crippen LogP contribution < -0.4 is 10.2 Å². The molecule has 6 aliphatic rings. The molecule has 5 aliphatic carbocycles. The summed E-state index contributed by atoms with van der Waals surface area (Å²) in [7, 11) is -2.97. The summed E-state index contributed by atoms with van der Waals surface area (Å²) < 4.78 is 23.5. The van der Waals surface area contributed by atoms with E-state index in [4.69, 9.17) is 4.98 Å². The van der Waals surface area contributed by atoms with Gasteiger partial charge in [-0.2, -0.15) is 0 Å². The molecule has 9 heteroatoms. The van der Waals surface area contributed by atoms with Gasteiger partial charge in [0, 0.05) is 31.2 Å². The molecule has 0 spiro atoms. The molecule has 31 heavy (non-hydrogen) atoms. The summed E-state index contributed by atoms with van der Waals surface area (Å²) in [5.74, 6) is 2.29. The molecule has 1 aromatic rings. The average Bonchev–Trinajstić information content (AvgIpc) is 3.54. The molecule has 168 valence electrons. The standard InChI is InChI=1S/C22H30N4O4S/c27-20(24-18-15-7-13-8-16(18)11-22(28,9-13)10-15)17-12-23-21(25-19(17)14-1-2-14)26-3-5-31(29,30)6-4-26/h12-16,18,28H,1-11H2,(H,24,27)/t13?,15?,16?,18-,22+. The van der Waals surface area contributed by atoms with Gasteiger partial charge < -0.3 is 15.3 Å². The number of carbonyl (C=O) groups is 1. The van der Waals surface area contributed by atoms with Gasteiger partial charge in [-0.05, 0) is 62.7 Å². The van der Waals surface area contributed by atoms with Gasteiger partial charge in [0.1, 0.15) is 0 Å². The van der Waals surface area contributed by atoms with Crippen molar-refractivity contribution in [2.75, 3.05) is 29.5 Å². The van der Waals surface area contributed by atoms with E-state index in [-0.39, 0.29) is 29.4 Å². The van der Waals surface area contributed by atoms with Gasteiger partial charge in [0.05, 0.1) is 28.4 Å². The molecule has 2 unspecified atom stereocenters. The fourth-order valence-electron chi connectivity index (χ4n) is 6.74. The number of hydrogen-bond donors (Lipinski definition) is 2. The topological polar surface area (TPSA) is 112 Å². The number of carbonyl (C=O) groups excluding carboxylic acids is 1. The Hall–Kier alpha value is -1.74. The Morgan fingerprint density at radius 1 is 1.13 bits per heavy atom. The molecule has 2 N–H and O–H groups in total. The number of aromatic nitrogens is 2. The van der Waals surface area contributed by atoms with E-state index in [2.05, 4.69) is 10.3 Å². The zero-order valence-corrected chi connectivity index (χ0v) is 18.5. The highest BCUT2D eigenvalue weighted by Crippen LogP contribution is 2.55. The summed E-state index contributed by atoms with van der Waals surface area (Å²) in [5.41, 5.74) is 0.852. The van der Waals surface area contributed by atoms with E-state index in [0.29, 0.717) is 42.4 Å². The van der Waals surface area contributed by atoms with E-state index < -0.39 is 15.4 Å². The second-order valence-corrected chi connectivity index (χ2v) is 12.9. The van der Waals surface area contributed by atoms with Crippen molar-refractivity contribution in [2.45, 2.75) is 62.5 Å². The number of hydrogen-bond acceptors (Lipinski definition) is 7. The molecule has 4 bridgehead atoms. The molecule has 1 amide bonds. The van der Waals surface area contributed by atoms with Crippen LogP contribution in [0.3, 0.4) is 0 Å². The normalized spacial score (nSPS) is 38.3. The molecule has 1 aliphatic heterocycles. The Morgan fingerprint density at radius 3 is 2.42 bits per heavy atom. The van der Waals surface area contributed by atoms with Crippen LogP contribution in [0.15, 0.2) is 6.20 Å². The summed E-state index contributed by atoms with van der Waals surface area (Å²) in [6, 6.07) is 0.128. The van der Waals surface area contributed by atoms with Gasteiger partial charge in [-0.15, -0.1) is 0 Å². The van der Waals surface area contributed by atoms with Crippen LogP contribution in [-0.2, 0) is 9.84 Å². The van der Waals surface area contributed by atoms with Crippen LogP contribution in [0, 0.1) is 17.8 Å². The predicted octanol–water partition coefficient (Wildman–Crippen LogP) is 1.26. The molecule has 0 aromatic carbocycles. The van der Waals surface area contributed by atoms with Crippen LogP contribution in [0.1, 0.15) is 66.9 Å². The fourth-order valence-corrected chi connectivity index (χ4v) is 7.94. The highest BCUT2D eigenvalue weighted by atomic mass is 32.2. The lowest BCUT2D eigenvalue weighted by Crippen LogP contribution is -2.61. The number of anilines is 1. The minimum Gasteiger partial charge on any atom is -0.390 e. The van der Waals surface area contributed by atoms with Gasteiger partial charge in [0.25, 0.3) is 5.91 Å². The first-order valence-electron chi connectivity index (χ1n) is 11.6. The Morgan fingerprint density at radius 2 is 1.81 bits per heavy atom. The lowest BCUT2D eigenvalue weighted by atomic mass is 9.52. The molecule has 8 nitrogen and oxygen atoms in total. The van der Waals surface area contributed by atoms with Crippen LogP contribution in [0.5, 0.6) is 0 Å². The van der Waals surface area contributed by atoms with Crippen molar-refractivity contribution < 1.29 is 18.3 Å². The van der Waals surface area contributed by atoms with E-state index in [9.17, 15) is 18.3 Å². The summed E-state index contributed by atoms with van der Waals surface area (Å²) in [6.07, 6.45) is 8.42. The van der Waals surface area contributed by atoms with E-state index in [0.717, 1.165) is 50.6 Å². The smallest absolute Gasteiger partial charge is 0.254 e. The number of rotatable bonds is 4. The lowest BCUT2D eigenvalue weighted by molar-refractivity contribution is -0.136. The average molecular weight is 447 g/mol. The maximum Gasteiger partial charge on any atom is 0.254 e. The third-order valence-electron chi connectivity index (χ3n) is 8.18. The molecule has 6 fully saturated rings. The van der Waals surface area contributed by atoms with Crippen LogP contribution in [0.2, 0.25) is 0 Å². The van der Waals surface area contributed by atoms with Crippen LogP contribution in [0.4, 0.5) is 5.95 Å². The van der Waals surface area contributed by atoms with Gasteiger partial charge in [0.15, 0.2) is 9.84 Å². The third kappa shape index (κ3) is 3.63. The Bertz CT molecular complexity index is 994. The van der Waals surface area contributed by atoms with Crippen LogP contribution in [0.25, 0.3) is 0 Å². The van der Waals surface area contributed by atoms with Crippen LogP contribution in [-0.4, -0.2) is 65.6 Å². The van der Waals surface area contributed by atoms with Gasteiger partial charge in [-0.25, -0.2) is 18.4 Å². The molecular formula is C22H30N4O4S. The quantitative estimate of drug-likeness (QED) is 0.716. The van der Waals surface area contributed by atoms with Crippen molar-refractivity contribution in [3.8, 4) is 0 Å². The molecular weight excluding hydrogens is 416 g/mol. The Labute approximate surface area is 182 Å². The van der Waals surface area contributed by atoms with Crippen molar-refractivity contribution in [3.05, 3.63) is 17.5 Å². The van der Waals surface area contributed by atoms with Crippen molar-refractivity contribution in [1.29, 1.82) is 0 Å². The Balaban J connectivity index is 1.21. The minimum atomic E-state index is -2.97. The summed E-state index contributed by atoms with van der Waals surface area (Å²) >= 11 is 0. The number of nitrogens with zero attached hydrogens (tertiary/aromatic N) is 3. The number of aliphatic hydroxyl groups is 1. The predicted molar refractivity (Wildman–Crippen MR) is 115 cm³/mol. The van der Waals surface area contributed by atoms with E-state index in [1.165, 1.54) is 0 Å². The largest absolute Gasteiger partial charge is 0.390 e. The van der Waals surface area contributed by atoms with Crippen LogP contribution >= 0.6 is 0 Å². The second kappa shape index (κ2) is 6.88. The van der Waals surface area contributed by atoms with Crippen molar-refractivity contribution in [3.63, 3.8) is 0 Å². The maximum absolute atomic E-state index is 13.3. The van der Waals surface area contributed by atoms with E-state index in [1.54, 1.807) is 6.20 Å². The first-order valence-corrected chi connectivity index (χ1v) is 13.5.